The Morgan fingerprint density at radius 3 is 2.33 bits per heavy atom. The van der Waals surface area contributed by atoms with Crippen LogP contribution in [0.4, 0.5) is 5.69 Å². The second kappa shape index (κ2) is 8.01. The van der Waals surface area contributed by atoms with Crippen molar-refractivity contribution in [2.24, 2.45) is 0 Å². The highest BCUT2D eigenvalue weighted by atomic mass is 32.2. The molecule has 1 aromatic rings. The van der Waals surface area contributed by atoms with Crippen LogP contribution in [0.3, 0.4) is 0 Å². The van der Waals surface area contributed by atoms with Gasteiger partial charge in [0.25, 0.3) is 5.69 Å². The number of hydrogen-bond acceptors (Lipinski definition) is 4. The molecule has 0 N–H and O–H groups in total. The van der Waals surface area contributed by atoms with Gasteiger partial charge in [-0.1, -0.05) is 19.3 Å². The van der Waals surface area contributed by atoms with Gasteiger partial charge in [-0.15, -0.1) is 11.8 Å². The lowest BCUT2D eigenvalue weighted by molar-refractivity contribution is -0.500. The van der Waals surface area contributed by atoms with Crippen molar-refractivity contribution in [3.8, 4) is 0 Å². The zero-order valence-corrected chi connectivity index (χ0v) is 14.7. The molecule has 0 aliphatic heterocycles. The normalized spacial score (nSPS) is 20.4. The molecule has 0 heterocycles. The van der Waals surface area contributed by atoms with Crippen LogP contribution >= 0.6 is 11.8 Å². The van der Waals surface area contributed by atoms with Crippen molar-refractivity contribution >= 4 is 23.7 Å². The molecule has 2 aliphatic carbocycles. The summed E-state index contributed by atoms with van der Waals surface area (Å²) in [7, 11) is 0. The number of nitrogens with zero attached hydrogens (tertiary/aromatic N) is 2. The van der Waals surface area contributed by atoms with Crippen molar-refractivity contribution in [3.05, 3.63) is 39.1 Å². The summed E-state index contributed by atoms with van der Waals surface area (Å²) in [5, 5.41) is 24.2. The van der Waals surface area contributed by atoms with E-state index in [0.29, 0.717) is 10.8 Å². The molecule has 0 amide bonds. The summed E-state index contributed by atoms with van der Waals surface area (Å²) in [4.78, 5) is 11.7. The van der Waals surface area contributed by atoms with E-state index in [4.69, 9.17) is 0 Å². The maximum atomic E-state index is 12.5. The van der Waals surface area contributed by atoms with Gasteiger partial charge in [-0.05, 0) is 31.7 Å². The van der Waals surface area contributed by atoms with Crippen LogP contribution in [0.2, 0.25) is 0 Å². The molecule has 2 aliphatic rings. The maximum Gasteiger partial charge on any atom is 0.270 e. The molecule has 24 heavy (non-hydrogen) atoms. The molecular weight excluding hydrogens is 324 g/mol. The predicted octanol–water partition coefficient (Wildman–Crippen LogP) is 4.89. The highest BCUT2D eigenvalue weighted by Crippen LogP contribution is 2.37. The number of nitro groups is 1. The molecule has 5 nitrogen and oxygen atoms in total. The monoisotopic (exact) mass is 348 g/mol. The van der Waals surface area contributed by atoms with Gasteiger partial charge < -0.3 is 5.21 Å². The van der Waals surface area contributed by atoms with Crippen LogP contribution in [0, 0.1) is 15.3 Å². The number of nitro benzene ring substituents is 1. The van der Waals surface area contributed by atoms with Gasteiger partial charge in [0.15, 0.2) is 12.3 Å². The first-order valence-electron chi connectivity index (χ1n) is 8.89. The van der Waals surface area contributed by atoms with Crippen LogP contribution < -0.4 is 0 Å². The van der Waals surface area contributed by atoms with Gasteiger partial charge >= 0.3 is 0 Å². The lowest BCUT2D eigenvalue weighted by atomic mass is 9.96. The van der Waals surface area contributed by atoms with Crippen molar-refractivity contribution < 1.29 is 9.66 Å². The molecule has 6 heteroatoms. The van der Waals surface area contributed by atoms with E-state index in [1.165, 1.54) is 32.1 Å². The molecule has 0 radical (unpaired) electrons. The molecule has 2 fully saturated rings. The van der Waals surface area contributed by atoms with Gasteiger partial charge in [0.2, 0.25) is 0 Å². The zero-order valence-electron chi connectivity index (χ0n) is 13.9. The van der Waals surface area contributed by atoms with E-state index in [0.717, 1.165) is 35.3 Å². The Kier molecular flexibility index (Phi) is 5.76. The fraction of sp³-hybridized carbons (Fsp3) is 0.611. The Bertz CT molecular complexity index is 621. The first-order valence-corrected chi connectivity index (χ1v) is 9.77. The predicted molar refractivity (Wildman–Crippen MR) is 96.9 cm³/mol. The van der Waals surface area contributed by atoms with Gasteiger partial charge in [-0.3, -0.25) is 10.1 Å². The zero-order chi connectivity index (χ0) is 16.9. The van der Waals surface area contributed by atoms with Crippen LogP contribution in [0.5, 0.6) is 0 Å². The number of hydroxylamine groups is 1. The van der Waals surface area contributed by atoms with E-state index in [2.05, 4.69) is 0 Å². The average Bonchev–Trinajstić information content (AvgIpc) is 3.10. The second-order valence-electron chi connectivity index (χ2n) is 6.78. The topological polar surface area (TPSA) is 69.2 Å². The summed E-state index contributed by atoms with van der Waals surface area (Å²) in [5.41, 5.74) is 0.746. The molecule has 1 aromatic carbocycles. The Labute approximate surface area is 146 Å². The highest BCUT2D eigenvalue weighted by molar-refractivity contribution is 8.00. The summed E-state index contributed by atoms with van der Waals surface area (Å²) in [5.74, 6) is 0. The molecule has 0 unspecified atom stereocenters. The maximum absolute atomic E-state index is 12.5. The fourth-order valence-electron chi connectivity index (χ4n) is 3.62. The number of hydrogen-bond donors (Lipinski definition) is 0. The molecule has 2 saturated carbocycles. The summed E-state index contributed by atoms with van der Waals surface area (Å²) >= 11 is 1.77. The van der Waals surface area contributed by atoms with Crippen molar-refractivity contribution in [1.82, 2.24) is 0 Å². The van der Waals surface area contributed by atoms with Crippen molar-refractivity contribution in [1.29, 1.82) is 0 Å². The largest absolute Gasteiger partial charge is 0.624 e. The minimum Gasteiger partial charge on any atom is -0.624 e. The van der Waals surface area contributed by atoms with Gasteiger partial charge in [-0.25, -0.2) is 4.74 Å². The first kappa shape index (κ1) is 17.3. The van der Waals surface area contributed by atoms with Crippen molar-refractivity contribution in [2.45, 2.75) is 74.0 Å². The minimum absolute atomic E-state index is 0.0161. The van der Waals surface area contributed by atoms with Crippen LogP contribution in [0.1, 0.15) is 63.4 Å². The van der Waals surface area contributed by atoms with E-state index in [-0.39, 0.29) is 11.7 Å². The second-order valence-corrected chi connectivity index (χ2v) is 8.13. The molecule has 130 valence electrons. The lowest BCUT2D eigenvalue weighted by Crippen LogP contribution is -2.25. The molecule has 0 atom stereocenters. The van der Waals surface area contributed by atoms with Crippen LogP contribution in [0.15, 0.2) is 23.1 Å². The number of non-ortho nitro benzene ring substituents is 1. The molecule has 0 aromatic heterocycles. The third kappa shape index (κ3) is 4.29. The lowest BCUT2D eigenvalue weighted by Gasteiger charge is -2.21. The van der Waals surface area contributed by atoms with Gasteiger partial charge in [0.05, 0.1) is 10.5 Å². The number of thioether (sulfide) groups is 1. The van der Waals surface area contributed by atoms with Crippen LogP contribution in [0.25, 0.3) is 0 Å². The average molecular weight is 348 g/mol. The molecule has 0 spiro atoms. The van der Waals surface area contributed by atoms with E-state index >= 15 is 0 Å². The Hall–Kier alpha value is -1.56. The van der Waals surface area contributed by atoms with Crippen molar-refractivity contribution in [2.75, 3.05) is 0 Å². The Balaban J connectivity index is 1.86. The summed E-state index contributed by atoms with van der Waals surface area (Å²) in [6, 6.07) is 4.92. The molecule has 0 saturated heterocycles. The summed E-state index contributed by atoms with van der Waals surface area (Å²) in [6.07, 6.45) is 11.7. The van der Waals surface area contributed by atoms with E-state index in [9.17, 15) is 15.3 Å². The van der Waals surface area contributed by atoms with Gasteiger partial charge in [-0.2, -0.15) is 0 Å². The van der Waals surface area contributed by atoms with E-state index in [1.54, 1.807) is 30.1 Å². The molecule has 3 rings (SSSR count). The summed E-state index contributed by atoms with van der Waals surface area (Å²) in [6.45, 7) is 0. The third-order valence-corrected chi connectivity index (χ3v) is 6.43. The number of rotatable bonds is 5. The smallest absolute Gasteiger partial charge is 0.270 e. The van der Waals surface area contributed by atoms with E-state index in [1.807, 2.05) is 6.07 Å². The fourth-order valence-corrected chi connectivity index (χ4v) is 4.94. The standard InChI is InChI=1S/C18H24N2O3S/c21-19(15-6-2-1-3-7-15)13-14-12-16(20(22)23)10-11-18(14)24-17-8-4-5-9-17/h10-13,15,17H,1-9H2. The summed E-state index contributed by atoms with van der Waals surface area (Å²) < 4.78 is 1.04. The van der Waals surface area contributed by atoms with Gasteiger partial charge in [0.1, 0.15) is 0 Å². The van der Waals surface area contributed by atoms with E-state index < -0.39 is 4.92 Å². The first-order chi connectivity index (χ1) is 11.6. The Morgan fingerprint density at radius 1 is 1.00 bits per heavy atom. The van der Waals surface area contributed by atoms with Crippen LogP contribution in [-0.4, -0.2) is 27.2 Å². The van der Waals surface area contributed by atoms with Gasteiger partial charge in [0, 0.05) is 35.1 Å². The number of benzene rings is 1. The van der Waals surface area contributed by atoms with Crippen molar-refractivity contribution in [3.63, 3.8) is 0 Å². The third-order valence-electron chi connectivity index (χ3n) is 5.00. The Morgan fingerprint density at radius 2 is 1.67 bits per heavy atom. The highest BCUT2D eigenvalue weighted by Gasteiger charge is 2.22. The quantitative estimate of drug-likeness (QED) is 0.250. The SMILES string of the molecule is O=[N+]([O-])c1ccc(SC2CCCC2)c(C=[N+]([O-])C2CCCCC2)c1. The molecular formula is C18H24N2O3S. The van der Waals surface area contributed by atoms with Crippen LogP contribution in [-0.2, 0) is 0 Å². The minimum atomic E-state index is -0.392. The molecule has 0 bridgehead atoms.